The lowest BCUT2D eigenvalue weighted by atomic mass is 10.1. The van der Waals surface area contributed by atoms with E-state index in [1.807, 2.05) is 29.2 Å². The van der Waals surface area contributed by atoms with Crippen molar-refractivity contribution in [3.05, 3.63) is 35.4 Å². The number of rotatable bonds is 4. The summed E-state index contributed by atoms with van der Waals surface area (Å²) in [6.45, 7) is 2.86. The number of likely N-dealkylation sites (tertiary alicyclic amines) is 1. The van der Waals surface area contributed by atoms with E-state index in [4.69, 9.17) is 4.74 Å². The van der Waals surface area contributed by atoms with Gasteiger partial charge in [0.05, 0.1) is 0 Å². The lowest BCUT2D eigenvalue weighted by molar-refractivity contribution is -0.130. The Morgan fingerprint density at radius 1 is 1.14 bits per heavy atom. The highest BCUT2D eigenvalue weighted by Crippen LogP contribution is 2.14. The topological polar surface area (TPSA) is 58.6 Å². The van der Waals surface area contributed by atoms with Gasteiger partial charge in [0.2, 0.25) is 5.91 Å². The minimum absolute atomic E-state index is 0.0466. The summed E-state index contributed by atoms with van der Waals surface area (Å²) in [6.07, 6.45) is 3.65. The Labute approximate surface area is 130 Å². The SMILES string of the molecule is O=C(NCc1ccc(C(=O)N2CCCC2)cc1)[C@H]1CCCO1. The number of benzene rings is 1. The van der Waals surface area contributed by atoms with E-state index >= 15 is 0 Å². The second-order valence-electron chi connectivity index (χ2n) is 5.92. The zero-order chi connectivity index (χ0) is 15.4. The zero-order valence-electron chi connectivity index (χ0n) is 12.7. The normalized spacial score (nSPS) is 21.1. The van der Waals surface area contributed by atoms with Crippen molar-refractivity contribution in [2.24, 2.45) is 0 Å². The molecule has 3 rings (SSSR count). The van der Waals surface area contributed by atoms with Crippen LogP contribution in [0.3, 0.4) is 0 Å². The standard InChI is InChI=1S/C17H22N2O3/c20-16(15-4-3-11-22-15)18-12-13-5-7-14(8-6-13)17(21)19-9-1-2-10-19/h5-8,15H,1-4,9-12H2,(H,18,20)/t15-/m1/s1. The molecule has 0 spiro atoms. The van der Waals surface area contributed by atoms with E-state index < -0.39 is 0 Å². The molecule has 0 unspecified atom stereocenters. The number of amides is 2. The van der Waals surface area contributed by atoms with Gasteiger partial charge in [-0.05, 0) is 43.4 Å². The Balaban J connectivity index is 1.52. The lowest BCUT2D eigenvalue weighted by Crippen LogP contribution is -2.33. The number of nitrogens with one attached hydrogen (secondary N) is 1. The smallest absolute Gasteiger partial charge is 0.253 e. The van der Waals surface area contributed by atoms with E-state index in [-0.39, 0.29) is 17.9 Å². The van der Waals surface area contributed by atoms with Gasteiger partial charge in [-0.1, -0.05) is 12.1 Å². The number of ether oxygens (including phenoxy) is 1. The molecule has 0 saturated carbocycles. The molecule has 0 bridgehead atoms. The van der Waals surface area contributed by atoms with Crippen molar-refractivity contribution in [2.45, 2.75) is 38.3 Å². The van der Waals surface area contributed by atoms with Crippen molar-refractivity contribution < 1.29 is 14.3 Å². The highest BCUT2D eigenvalue weighted by atomic mass is 16.5. The van der Waals surface area contributed by atoms with Crippen molar-refractivity contribution in [3.63, 3.8) is 0 Å². The fourth-order valence-electron chi connectivity index (χ4n) is 2.96. The van der Waals surface area contributed by atoms with Gasteiger partial charge in [0, 0.05) is 31.8 Å². The van der Waals surface area contributed by atoms with Crippen molar-refractivity contribution in [1.82, 2.24) is 10.2 Å². The Morgan fingerprint density at radius 3 is 2.50 bits per heavy atom. The van der Waals surface area contributed by atoms with Gasteiger partial charge in [0.1, 0.15) is 6.10 Å². The molecule has 2 saturated heterocycles. The zero-order valence-corrected chi connectivity index (χ0v) is 12.7. The van der Waals surface area contributed by atoms with Crippen LogP contribution in [0.1, 0.15) is 41.6 Å². The van der Waals surface area contributed by atoms with Crippen molar-refractivity contribution in [3.8, 4) is 0 Å². The minimum Gasteiger partial charge on any atom is -0.368 e. The maximum absolute atomic E-state index is 12.2. The first-order chi connectivity index (χ1) is 10.7. The van der Waals surface area contributed by atoms with Crippen LogP contribution in [-0.2, 0) is 16.1 Å². The van der Waals surface area contributed by atoms with Crippen LogP contribution in [0.15, 0.2) is 24.3 Å². The summed E-state index contributed by atoms with van der Waals surface area (Å²) in [6, 6.07) is 7.49. The summed E-state index contributed by atoms with van der Waals surface area (Å²) in [5, 5.41) is 2.89. The van der Waals surface area contributed by atoms with Gasteiger partial charge in [0.25, 0.3) is 5.91 Å². The van der Waals surface area contributed by atoms with Gasteiger partial charge in [-0.2, -0.15) is 0 Å². The van der Waals surface area contributed by atoms with Crippen LogP contribution in [0.5, 0.6) is 0 Å². The van der Waals surface area contributed by atoms with E-state index in [2.05, 4.69) is 5.32 Å². The molecule has 5 nitrogen and oxygen atoms in total. The summed E-state index contributed by atoms with van der Waals surface area (Å²) in [5.74, 6) is 0.0576. The molecule has 2 aliphatic rings. The minimum atomic E-state index is -0.295. The van der Waals surface area contributed by atoms with E-state index in [1.165, 1.54) is 0 Å². The molecular weight excluding hydrogens is 280 g/mol. The maximum Gasteiger partial charge on any atom is 0.253 e. The molecule has 2 fully saturated rings. The summed E-state index contributed by atoms with van der Waals surface area (Å²) in [5.41, 5.74) is 1.71. The third-order valence-corrected chi connectivity index (χ3v) is 4.28. The Kier molecular flexibility index (Phi) is 4.73. The van der Waals surface area contributed by atoms with E-state index in [0.717, 1.165) is 49.9 Å². The number of hydrogen-bond donors (Lipinski definition) is 1. The molecule has 2 heterocycles. The Morgan fingerprint density at radius 2 is 1.86 bits per heavy atom. The monoisotopic (exact) mass is 302 g/mol. The molecule has 0 radical (unpaired) electrons. The molecule has 1 N–H and O–H groups in total. The molecule has 0 aliphatic carbocycles. The van der Waals surface area contributed by atoms with Crippen LogP contribution in [-0.4, -0.2) is 42.5 Å². The van der Waals surface area contributed by atoms with Gasteiger partial charge in [-0.15, -0.1) is 0 Å². The maximum atomic E-state index is 12.2. The molecule has 118 valence electrons. The van der Waals surface area contributed by atoms with Gasteiger partial charge in [-0.25, -0.2) is 0 Å². The fourth-order valence-corrected chi connectivity index (χ4v) is 2.96. The predicted octanol–water partition coefficient (Wildman–Crippen LogP) is 1.72. The third kappa shape index (κ3) is 3.47. The number of hydrogen-bond acceptors (Lipinski definition) is 3. The van der Waals surface area contributed by atoms with Crippen molar-refractivity contribution in [1.29, 1.82) is 0 Å². The summed E-state index contributed by atoms with van der Waals surface area (Å²) < 4.78 is 5.35. The van der Waals surface area contributed by atoms with E-state index in [9.17, 15) is 9.59 Å². The molecule has 0 aromatic heterocycles. The van der Waals surface area contributed by atoms with Crippen LogP contribution in [0.2, 0.25) is 0 Å². The summed E-state index contributed by atoms with van der Waals surface area (Å²) >= 11 is 0. The van der Waals surface area contributed by atoms with Crippen LogP contribution in [0, 0.1) is 0 Å². The van der Waals surface area contributed by atoms with E-state index in [1.54, 1.807) is 0 Å². The largest absolute Gasteiger partial charge is 0.368 e. The first-order valence-electron chi connectivity index (χ1n) is 8.01. The second-order valence-corrected chi connectivity index (χ2v) is 5.92. The highest BCUT2D eigenvalue weighted by molar-refractivity contribution is 5.94. The average molecular weight is 302 g/mol. The fraction of sp³-hybridized carbons (Fsp3) is 0.529. The van der Waals surface area contributed by atoms with Gasteiger partial charge < -0.3 is 15.0 Å². The predicted molar refractivity (Wildman–Crippen MR) is 82.4 cm³/mol. The third-order valence-electron chi connectivity index (χ3n) is 4.28. The molecule has 1 aromatic carbocycles. The second kappa shape index (κ2) is 6.92. The first kappa shape index (κ1) is 15.0. The molecule has 2 aliphatic heterocycles. The van der Waals surface area contributed by atoms with Crippen molar-refractivity contribution in [2.75, 3.05) is 19.7 Å². The Hall–Kier alpha value is -1.88. The number of nitrogens with zero attached hydrogens (tertiary/aromatic N) is 1. The van der Waals surface area contributed by atoms with Crippen LogP contribution in [0.25, 0.3) is 0 Å². The quantitative estimate of drug-likeness (QED) is 0.921. The molecule has 1 atom stereocenters. The Bertz CT molecular complexity index is 529. The first-order valence-corrected chi connectivity index (χ1v) is 8.01. The summed E-state index contributed by atoms with van der Waals surface area (Å²) in [7, 11) is 0. The van der Waals surface area contributed by atoms with Crippen molar-refractivity contribution >= 4 is 11.8 Å². The van der Waals surface area contributed by atoms with Gasteiger partial charge >= 0.3 is 0 Å². The highest BCUT2D eigenvalue weighted by Gasteiger charge is 2.23. The number of carbonyl (C=O) groups excluding carboxylic acids is 2. The van der Waals surface area contributed by atoms with E-state index in [0.29, 0.717) is 13.2 Å². The molecule has 1 aromatic rings. The van der Waals surface area contributed by atoms with Crippen LogP contribution < -0.4 is 5.32 Å². The molecular formula is C17H22N2O3. The average Bonchev–Trinajstić information content (AvgIpc) is 3.25. The van der Waals surface area contributed by atoms with Crippen LogP contribution >= 0.6 is 0 Å². The molecule has 5 heteroatoms. The van der Waals surface area contributed by atoms with Gasteiger partial charge in [0.15, 0.2) is 0 Å². The summed E-state index contributed by atoms with van der Waals surface area (Å²) in [4.78, 5) is 26.0. The van der Waals surface area contributed by atoms with Crippen LogP contribution in [0.4, 0.5) is 0 Å². The molecule has 22 heavy (non-hydrogen) atoms. The number of carbonyl (C=O) groups is 2. The lowest BCUT2D eigenvalue weighted by Gasteiger charge is -2.15. The molecule has 2 amide bonds. The van der Waals surface area contributed by atoms with Gasteiger partial charge in [-0.3, -0.25) is 9.59 Å².